The van der Waals surface area contributed by atoms with E-state index in [1.54, 1.807) is 31.2 Å². The van der Waals surface area contributed by atoms with Gasteiger partial charge >= 0.3 is 5.97 Å². The lowest BCUT2D eigenvalue weighted by atomic mass is 9.89. The first-order valence-corrected chi connectivity index (χ1v) is 8.76. The fourth-order valence-electron chi connectivity index (χ4n) is 2.82. The van der Waals surface area contributed by atoms with Crippen LogP contribution >= 0.6 is 0 Å². The van der Waals surface area contributed by atoms with Gasteiger partial charge in [-0.15, -0.1) is 6.58 Å². The molecule has 1 saturated carbocycles. The van der Waals surface area contributed by atoms with Crippen molar-refractivity contribution >= 4 is 5.97 Å². The highest BCUT2D eigenvalue weighted by Crippen LogP contribution is 2.36. The van der Waals surface area contributed by atoms with E-state index in [9.17, 15) is 9.90 Å². The predicted molar refractivity (Wildman–Crippen MR) is 100 cm³/mol. The average Bonchev–Trinajstić information content (AvgIpc) is 2.58. The number of nitrogens with one attached hydrogen (secondary N) is 1. The Hall–Kier alpha value is -2.31. The number of carbonyl (C=O) groups is 1. The van der Waals surface area contributed by atoms with Crippen LogP contribution in [-0.4, -0.2) is 49.6 Å². The molecule has 2 N–H and O–H groups in total. The van der Waals surface area contributed by atoms with Crippen molar-refractivity contribution in [3.05, 3.63) is 48.6 Å². The summed E-state index contributed by atoms with van der Waals surface area (Å²) in [4.78, 5) is 11.3. The minimum atomic E-state index is -0.982. The van der Waals surface area contributed by atoms with Crippen molar-refractivity contribution in [2.45, 2.75) is 31.9 Å². The fraction of sp³-hybridized carbons (Fsp3) is 0.450. The molecule has 0 unspecified atom stereocenters. The van der Waals surface area contributed by atoms with Gasteiger partial charge in [-0.05, 0) is 31.9 Å². The van der Waals surface area contributed by atoms with Gasteiger partial charge in [0.05, 0.1) is 18.8 Å². The molecule has 0 aromatic heterocycles. The zero-order valence-electron chi connectivity index (χ0n) is 15.2. The van der Waals surface area contributed by atoms with Crippen LogP contribution in [0.1, 0.15) is 28.8 Å². The lowest BCUT2D eigenvalue weighted by Gasteiger charge is -2.36. The topological polar surface area (TPSA) is 77.0 Å². The molecule has 6 heteroatoms. The Bertz CT molecular complexity index is 637. The van der Waals surface area contributed by atoms with Crippen LogP contribution in [0.15, 0.2) is 37.4 Å². The van der Waals surface area contributed by atoms with Crippen LogP contribution in [0.4, 0.5) is 0 Å². The summed E-state index contributed by atoms with van der Waals surface area (Å²) in [5, 5.41) is 12.7. The lowest BCUT2D eigenvalue weighted by molar-refractivity contribution is 0.0693. The molecular weight excluding hydrogens is 334 g/mol. The molecule has 0 radical (unpaired) electrons. The van der Waals surface area contributed by atoms with E-state index in [0.29, 0.717) is 42.9 Å². The van der Waals surface area contributed by atoms with Gasteiger partial charge < -0.3 is 24.6 Å². The minimum absolute atomic E-state index is 0.0859. The van der Waals surface area contributed by atoms with E-state index in [-0.39, 0.29) is 11.7 Å². The van der Waals surface area contributed by atoms with Gasteiger partial charge in [-0.2, -0.15) is 0 Å². The minimum Gasteiger partial charge on any atom is -0.486 e. The Morgan fingerprint density at radius 2 is 2.04 bits per heavy atom. The second kappa shape index (κ2) is 9.99. The third-order valence-electron chi connectivity index (χ3n) is 4.25. The van der Waals surface area contributed by atoms with E-state index in [1.165, 1.54) is 0 Å². The Labute approximate surface area is 154 Å². The van der Waals surface area contributed by atoms with Crippen molar-refractivity contribution in [3.63, 3.8) is 0 Å². The fourth-order valence-corrected chi connectivity index (χ4v) is 2.82. The van der Waals surface area contributed by atoms with Crippen LogP contribution in [0.25, 0.3) is 0 Å². The molecule has 0 bridgehead atoms. The number of carboxylic acids is 1. The molecule has 0 aliphatic heterocycles. The summed E-state index contributed by atoms with van der Waals surface area (Å²) >= 11 is 0. The Kier molecular flexibility index (Phi) is 7.69. The number of carboxylic acid groups (broad SMARTS) is 1. The largest absolute Gasteiger partial charge is 0.486 e. The molecule has 1 aliphatic carbocycles. The molecule has 26 heavy (non-hydrogen) atoms. The van der Waals surface area contributed by atoms with Gasteiger partial charge in [0.2, 0.25) is 0 Å². The highest BCUT2D eigenvalue weighted by molar-refractivity contribution is 5.90. The number of benzene rings is 1. The van der Waals surface area contributed by atoms with Gasteiger partial charge in [0.15, 0.2) is 11.5 Å². The molecule has 1 aromatic carbocycles. The summed E-state index contributed by atoms with van der Waals surface area (Å²) in [5.41, 5.74) is 0.773. The van der Waals surface area contributed by atoms with Crippen LogP contribution < -0.4 is 14.8 Å². The zero-order chi connectivity index (χ0) is 18.9. The van der Waals surface area contributed by atoms with Crippen LogP contribution in [0.2, 0.25) is 0 Å². The van der Waals surface area contributed by atoms with Gasteiger partial charge in [-0.1, -0.05) is 18.7 Å². The molecule has 0 spiro atoms. The second-order valence-electron chi connectivity index (χ2n) is 6.20. The summed E-state index contributed by atoms with van der Waals surface area (Å²) in [5.74, 6) is 0.0650. The van der Waals surface area contributed by atoms with Crippen molar-refractivity contribution in [2.24, 2.45) is 0 Å². The maximum Gasteiger partial charge on any atom is 0.336 e. The van der Waals surface area contributed by atoms with Gasteiger partial charge in [0.25, 0.3) is 0 Å². The molecule has 1 aliphatic rings. The van der Waals surface area contributed by atoms with Crippen molar-refractivity contribution in [1.82, 2.24) is 5.32 Å². The first kappa shape index (κ1) is 20.0. The summed E-state index contributed by atoms with van der Waals surface area (Å²) < 4.78 is 17.0. The molecule has 0 atom stereocenters. The maximum absolute atomic E-state index is 11.3. The molecule has 0 heterocycles. The third-order valence-corrected chi connectivity index (χ3v) is 4.25. The first-order valence-electron chi connectivity index (χ1n) is 8.76. The quantitative estimate of drug-likeness (QED) is 0.440. The normalized spacial score (nSPS) is 18.7. The van der Waals surface area contributed by atoms with E-state index in [0.717, 1.165) is 19.4 Å². The smallest absolute Gasteiger partial charge is 0.336 e. The SMILES string of the molecule is C=CCOCCNC1CC(Oc2ccc(C(=O)O)c(C)c2OCC=C)C1. The first-order chi connectivity index (χ1) is 12.6. The molecule has 142 valence electrons. The van der Waals surface area contributed by atoms with E-state index in [1.807, 2.05) is 0 Å². The summed E-state index contributed by atoms with van der Waals surface area (Å²) in [6.07, 6.45) is 5.22. The lowest BCUT2D eigenvalue weighted by Crippen LogP contribution is -2.47. The number of hydrogen-bond donors (Lipinski definition) is 2. The number of aromatic carboxylic acids is 1. The van der Waals surface area contributed by atoms with Crippen molar-refractivity contribution < 1.29 is 24.1 Å². The third kappa shape index (κ3) is 5.34. The number of ether oxygens (including phenoxy) is 3. The number of hydrogen-bond acceptors (Lipinski definition) is 5. The molecular formula is C20H27NO5. The van der Waals surface area contributed by atoms with Crippen molar-refractivity contribution in [3.8, 4) is 11.5 Å². The van der Waals surface area contributed by atoms with E-state index >= 15 is 0 Å². The highest BCUT2D eigenvalue weighted by atomic mass is 16.5. The van der Waals surface area contributed by atoms with Gasteiger partial charge in [0, 0.05) is 18.2 Å². The summed E-state index contributed by atoms with van der Waals surface area (Å²) in [6.45, 7) is 11.3. The highest BCUT2D eigenvalue weighted by Gasteiger charge is 2.31. The van der Waals surface area contributed by atoms with Crippen LogP contribution in [-0.2, 0) is 4.74 Å². The molecule has 1 fully saturated rings. The Balaban J connectivity index is 1.89. The Morgan fingerprint density at radius 1 is 1.31 bits per heavy atom. The number of rotatable bonds is 12. The maximum atomic E-state index is 11.3. The van der Waals surface area contributed by atoms with Crippen LogP contribution in [0, 0.1) is 6.92 Å². The Morgan fingerprint density at radius 3 is 2.69 bits per heavy atom. The molecule has 0 amide bonds. The summed E-state index contributed by atoms with van der Waals surface area (Å²) in [7, 11) is 0. The molecule has 0 saturated heterocycles. The van der Waals surface area contributed by atoms with E-state index < -0.39 is 5.97 Å². The zero-order valence-corrected chi connectivity index (χ0v) is 15.2. The monoisotopic (exact) mass is 361 g/mol. The molecule has 6 nitrogen and oxygen atoms in total. The van der Waals surface area contributed by atoms with Crippen molar-refractivity contribution in [1.29, 1.82) is 0 Å². The predicted octanol–water partition coefficient (Wildman–Crippen LogP) is 2.96. The van der Waals surface area contributed by atoms with Gasteiger partial charge in [-0.25, -0.2) is 4.79 Å². The molecule has 1 aromatic rings. The van der Waals surface area contributed by atoms with Gasteiger partial charge in [-0.3, -0.25) is 0 Å². The average molecular weight is 361 g/mol. The van der Waals surface area contributed by atoms with Gasteiger partial charge in [0.1, 0.15) is 12.7 Å². The van der Waals surface area contributed by atoms with Crippen LogP contribution in [0.5, 0.6) is 11.5 Å². The standard InChI is InChI=1S/C20H27NO5/c1-4-9-24-11-8-21-15-12-16(13-15)26-18-7-6-17(20(22)23)14(3)19(18)25-10-5-2/h4-7,15-16,21H,1-2,8-13H2,3H3,(H,22,23). The molecule has 2 rings (SSSR count). The van der Waals surface area contributed by atoms with E-state index in [4.69, 9.17) is 14.2 Å². The van der Waals surface area contributed by atoms with Crippen LogP contribution in [0.3, 0.4) is 0 Å². The summed E-state index contributed by atoms with van der Waals surface area (Å²) in [6, 6.07) is 3.63. The van der Waals surface area contributed by atoms with Crippen molar-refractivity contribution in [2.75, 3.05) is 26.4 Å². The van der Waals surface area contributed by atoms with E-state index in [2.05, 4.69) is 18.5 Å². The second-order valence-corrected chi connectivity index (χ2v) is 6.20.